The van der Waals surface area contributed by atoms with Crippen LogP contribution in [0.3, 0.4) is 0 Å². The zero-order valence-corrected chi connectivity index (χ0v) is 19.3. The van der Waals surface area contributed by atoms with Crippen LogP contribution < -0.4 is 4.74 Å². The minimum absolute atomic E-state index is 0.0231. The van der Waals surface area contributed by atoms with Gasteiger partial charge in [-0.2, -0.15) is 0 Å². The van der Waals surface area contributed by atoms with E-state index in [9.17, 15) is 4.79 Å². The summed E-state index contributed by atoms with van der Waals surface area (Å²) in [6, 6.07) is 14.2. The molecule has 3 rings (SSSR count). The van der Waals surface area contributed by atoms with Crippen molar-refractivity contribution < 1.29 is 9.53 Å². The predicted octanol–water partition coefficient (Wildman–Crippen LogP) is 5.01. The number of aliphatic imine (C=N–C) groups is 1. The van der Waals surface area contributed by atoms with Gasteiger partial charge in [0, 0.05) is 14.1 Å². The summed E-state index contributed by atoms with van der Waals surface area (Å²) in [6.07, 6.45) is 1.91. The lowest BCUT2D eigenvalue weighted by Gasteiger charge is -2.11. The summed E-state index contributed by atoms with van der Waals surface area (Å²) in [7, 11) is 3.44. The van der Waals surface area contributed by atoms with E-state index in [4.69, 9.17) is 4.74 Å². The summed E-state index contributed by atoms with van der Waals surface area (Å²) in [5.41, 5.74) is 2.11. The molecule has 134 valence electrons. The average molecular weight is 590 g/mol. The minimum Gasteiger partial charge on any atom is -0.487 e. The SMILES string of the molecule is CN=C1S/C(=C\c2cc(I)c(OCc3ccccc3)c(I)c2)C(=O)N1C. The fraction of sp³-hybridized carbons (Fsp3) is 0.158. The number of likely N-dealkylation sites (N-methyl/N-ethyl adjacent to an activating group) is 1. The molecule has 0 radical (unpaired) electrons. The molecule has 1 fully saturated rings. The third-order valence-corrected chi connectivity index (χ3v) is 6.49. The normalized spacial score (nSPS) is 17.4. The molecule has 2 aromatic carbocycles. The van der Waals surface area contributed by atoms with E-state index < -0.39 is 0 Å². The zero-order valence-electron chi connectivity index (χ0n) is 14.2. The van der Waals surface area contributed by atoms with Gasteiger partial charge >= 0.3 is 0 Å². The molecule has 1 heterocycles. The van der Waals surface area contributed by atoms with E-state index in [-0.39, 0.29) is 5.91 Å². The van der Waals surface area contributed by atoms with E-state index in [0.29, 0.717) is 16.7 Å². The summed E-state index contributed by atoms with van der Waals surface area (Å²) in [6.45, 7) is 0.530. The standard InChI is InChI=1S/C19H16I2N2O2S/c1-22-19-23(2)18(24)16(26-19)10-13-8-14(20)17(15(21)9-13)25-11-12-6-4-3-5-7-12/h3-10H,11H2,1-2H3/b16-10-,22-19?. The maximum Gasteiger partial charge on any atom is 0.266 e. The Hall–Kier alpha value is -1.07. The molecule has 26 heavy (non-hydrogen) atoms. The lowest BCUT2D eigenvalue weighted by atomic mass is 10.2. The van der Waals surface area contributed by atoms with Gasteiger partial charge in [-0.15, -0.1) is 0 Å². The van der Waals surface area contributed by atoms with Crippen molar-refractivity contribution in [3.8, 4) is 5.75 Å². The van der Waals surface area contributed by atoms with Gasteiger partial charge in [0.1, 0.15) is 12.4 Å². The Morgan fingerprint density at radius 2 is 1.85 bits per heavy atom. The van der Waals surface area contributed by atoms with Crippen LogP contribution >= 0.6 is 56.9 Å². The molecule has 0 aromatic heterocycles. The van der Waals surface area contributed by atoms with Gasteiger partial charge in [-0.25, -0.2) is 0 Å². The van der Waals surface area contributed by atoms with E-state index in [0.717, 1.165) is 24.0 Å². The number of carbonyl (C=O) groups excluding carboxylic acids is 1. The summed E-state index contributed by atoms with van der Waals surface area (Å²) in [4.78, 5) is 18.7. The van der Waals surface area contributed by atoms with Gasteiger partial charge in [-0.05, 0) is 86.3 Å². The number of hydrogen-bond acceptors (Lipinski definition) is 4. The van der Waals surface area contributed by atoms with E-state index in [1.807, 2.05) is 48.5 Å². The third kappa shape index (κ3) is 4.42. The Labute approximate surface area is 184 Å². The Balaban J connectivity index is 1.81. The fourth-order valence-electron chi connectivity index (χ4n) is 2.43. The average Bonchev–Trinajstić information content (AvgIpc) is 2.90. The van der Waals surface area contributed by atoms with Crippen LogP contribution in [0, 0.1) is 7.14 Å². The van der Waals surface area contributed by atoms with Crippen LogP contribution in [-0.4, -0.2) is 30.1 Å². The molecule has 4 nitrogen and oxygen atoms in total. The first-order valence-electron chi connectivity index (χ1n) is 7.79. The molecule has 0 unspecified atom stereocenters. The quantitative estimate of drug-likeness (QED) is 0.372. The number of amidine groups is 1. The molecular formula is C19H16I2N2O2S. The topological polar surface area (TPSA) is 41.9 Å². The Bertz CT molecular complexity index is 875. The third-order valence-electron chi connectivity index (χ3n) is 3.74. The van der Waals surface area contributed by atoms with Crippen molar-refractivity contribution in [2.24, 2.45) is 4.99 Å². The molecule has 0 bridgehead atoms. The number of carbonyl (C=O) groups is 1. The van der Waals surface area contributed by atoms with Crippen molar-refractivity contribution in [2.75, 3.05) is 14.1 Å². The first kappa shape index (κ1) is 19.7. The van der Waals surface area contributed by atoms with Crippen molar-refractivity contribution in [2.45, 2.75) is 6.61 Å². The van der Waals surface area contributed by atoms with Crippen molar-refractivity contribution in [3.63, 3.8) is 0 Å². The molecule has 0 atom stereocenters. The molecule has 1 aliphatic heterocycles. The minimum atomic E-state index is -0.0231. The van der Waals surface area contributed by atoms with Gasteiger partial charge < -0.3 is 4.74 Å². The number of halogens is 2. The lowest BCUT2D eigenvalue weighted by Crippen LogP contribution is -2.23. The number of nitrogens with zero attached hydrogens (tertiary/aromatic N) is 2. The molecule has 2 aromatic rings. The van der Waals surface area contributed by atoms with Crippen molar-refractivity contribution in [1.82, 2.24) is 4.90 Å². The molecule has 0 aliphatic carbocycles. The Morgan fingerprint density at radius 1 is 1.19 bits per heavy atom. The molecule has 1 saturated heterocycles. The zero-order chi connectivity index (χ0) is 18.7. The summed E-state index contributed by atoms with van der Waals surface area (Å²) in [5, 5.41) is 0.716. The molecule has 0 saturated carbocycles. The number of rotatable bonds is 4. The highest BCUT2D eigenvalue weighted by Gasteiger charge is 2.29. The number of benzene rings is 2. The van der Waals surface area contributed by atoms with Crippen LogP contribution in [0.5, 0.6) is 5.75 Å². The number of hydrogen-bond donors (Lipinski definition) is 0. The molecule has 7 heteroatoms. The van der Waals surface area contributed by atoms with E-state index >= 15 is 0 Å². The van der Waals surface area contributed by atoms with Gasteiger partial charge in [0.2, 0.25) is 0 Å². The summed E-state index contributed by atoms with van der Waals surface area (Å²) >= 11 is 5.95. The molecule has 1 amide bonds. The Kier molecular flexibility index (Phi) is 6.62. The second-order valence-corrected chi connectivity index (χ2v) is 8.90. The first-order chi connectivity index (χ1) is 12.5. The largest absolute Gasteiger partial charge is 0.487 e. The highest BCUT2D eigenvalue weighted by molar-refractivity contribution is 14.1. The van der Waals surface area contributed by atoms with Gasteiger partial charge in [0.25, 0.3) is 5.91 Å². The van der Waals surface area contributed by atoms with E-state index in [1.54, 1.807) is 19.0 Å². The second kappa shape index (κ2) is 8.75. The van der Waals surface area contributed by atoms with Crippen LogP contribution in [-0.2, 0) is 11.4 Å². The van der Waals surface area contributed by atoms with Gasteiger partial charge in [-0.1, -0.05) is 30.3 Å². The summed E-state index contributed by atoms with van der Waals surface area (Å²) in [5.74, 6) is 0.848. The van der Waals surface area contributed by atoms with Crippen LogP contribution in [0.1, 0.15) is 11.1 Å². The number of amides is 1. The second-order valence-electron chi connectivity index (χ2n) is 5.57. The van der Waals surface area contributed by atoms with Gasteiger partial charge in [0.15, 0.2) is 5.17 Å². The number of thioether (sulfide) groups is 1. The Morgan fingerprint density at radius 3 is 2.42 bits per heavy atom. The van der Waals surface area contributed by atoms with Crippen LogP contribution in [0.25, 0.3) is 6.08 Å². The van der Waals surface area contributed by atoms with E-state index in [1.165, 1.54) is 11.8 Å². The molecule has 0 N–H and O–H groups in total. The van der Waals surface area contributed by atoms with E-state index in [2.05, 4.69) is 50.2 Å². The monoisotopic (exact) mass is 590 g/mol. The van der Waals surface area contributed by atoms with Gasteiger partial charge in [0.05, 0.1) is 12.0 Å². The van der Waals surface area contributed by atoms with Crippen LogP contribution in [0.15, 0.2) is 52.4 Å². The fourth-order valence-corrected chi connectivity index (χ4v) is 5.49. The van der Waals surface area contributed by atoms with Crippen molar-refractivity contribution >= 4 is 74.1 Å². The highest BCUT2D eigenvalue weighted by atomic mass is 127. The first-order valence-corrected chi connectivity index (χ1v) is 10.8. The maximum absolute atomic E-state index is 12.3. The molecular weight excluding hydrogens is 574 g/mol. The van der Waals surface area contributed by atoms with Crippen LogP contribution in [0.4, 0.5) is 0 Å². The van der Waals surface area contributed by atoms with Crippen molar-refractivity contribution in [3.05, 3.63) is 65.6 Å². The number of ether oxygens (including phenoxy) is 1. The van der Waals surface area contributed by atoms with Gasteiger partial charge in [-0.3, -0.25) is 14.7 Å². The molecule has 0 spiro atoms. The van der Waals surface area contributed by atoms with Crippen molar-refractivity contribution in [1.29, 1.82) is 0 Å². The lowest BCUT2D eigenvalue weighted by molar-refractivity contribution is -0.121. The highest BCUT2D eigenvalue weighted by Crippen LogP contribution is 2.34. The smallest absolute Gasteiger partial charge is 0.266 e. The summed E-state index contributed by atoms with van der Waals surface area (Å²) < 4.78 is 8.05. The van der Waals surface area contributed by atoms with Crippen LogP contribution in [0.2, 0.25) is 0 Å². The molecule has 1 aliphatic rings. The predicted molar refractivity (Wildman–Crippen MR) is 124 cm³/mol. The maximum atomic E-state index is 12.3.